The van der Waals surface area contributed by atoms with Crippen LogP contribution in [0.3, 0.4) is 0 Å². The highest BCUT2D eigenvalue weighted by molar-refractivity contribution is 7.80. The highest BCUT2D eigenvalue weighted by atomic mass is 32.1. The summed E-state index contributed by atoms with van der Waals surface area (Å²) in [6.45, 7) is 3.70. The van der Waals surface area contributed by atoms with E-state index in [2.05, 4.69) is 27.3 Å². The van der Waals surface area contributed by atoms with Crippen molar-refractivity contribution in [3.05, 3.63) is 47.3 Å². The van der Waals surface area contributed by atoms with Gasteiger partial charge in [-0.05, 0) is 55.1 Å². The molecule has 0 spiro atoms. The van der Waals surface area contributed by atoms with Crippen molar-refractivity contribution in [2.75, 3.05) is 45.2 Å². The van der Waals surface area contributed by atoms with Gasteiger partial charge in [0.15, 0.2) is 5.11 Å². The number of hydrogen-bond donors (Lipinski definition) is 2. The molecule has 32 heavy (non-hydrogen) atoms. The molecule has 4 rings (SSSR count). The Kier molecular flexibility index (Phi) is 7.04. The van der Waals surface area contributed by atoms with E-state index in [1.807, 2.05) is 4.90 Å². The number of aryl methyl sites for hydroxylation is 2. The normalized spacial score (nSPS) is 16.5. The van der Waals surface area contributed by atoms with Gasteiger partial charge in [0.2, 0.25) is 5.88 Å². The lowest BCUT2D eigenvalue weighted by molar-refractivity contribution is -0.139. The molecular weight excluding hydrogens is 426 g/mol. The topological polar surface area (TPSA) is 90.8 Å². The van der Waals surface area contributed by atoms with Crippen LogP contribution in [-0.2, 0) is 17.6 Å². The molecule has 2 N–H and O–H groups in total. The molecule has 0 amide bonds. The SMILES string of the molecule is COc1ccc([C@@H](CN2CCN(CCCc3ccc4c(n3)NCCC4)C2=S)C(=O)O)cn1. The first kappa shape index (κ1) is 22.3. The number of pyridine rings is 2. The van der Waals surface area contributed by atoms with Gasteiger partial charge in [-0.15, -0.1) is 0 Å². The number of hydrogen-bond acceptors (Lipinski definition) is 6. The second-order valence-electron chi connectivity index (χ2n) is 8.18. The van der Waals surface area contributed by atoms with Crippen LogP contribution in [0.25, 0.3) is 0 Å². The van der Waals surface area contributed by atoms with Crippen molar-refractivity contribution in [2.45, 2.75) is 31.6 Å². The van der Waals surface area contributed by atoms with Crippen LogP contribution >= 0.6 is 12.2 Å². The molecule has 0 unspecified atom stereocenters. The van der Waals surface area contributed by atoms with Gasteiger partial charge < -0.3 is 25.0 Å². The highest BCUT2D eigenvalue weighted by Crippen LogP contribution is 2.23. The molecule has 0 bridgehead atoms. The van der Waals surface area contributed by atoms with Crippen LogP contribution in [0.1, 0.15) is 35.6 Å². The van der Waals surface area contributed by atoms with Gasteiger partial charge in [0.05, 0.1) is 7.11 Å². The maximum absolute atomic E-state index is 11.9. The average Bonchev–Trinajstić information content (AvgIpc) is 3.16. The molecule has 4 heterocycles. The molecular formula is C23H29N5O3S. The van der Waals surface area contributed by atoms with Crippen molar-refractivity contribution < 1.29 is 14.6 Å². The predicted molar refractivity (Wildman–Crippen MR) is 126 cm³/mol. The van der Waals surface area contributed by atoms with E-state index in [4.69, 9.17) is 21.9 Å². The van der Waals surface area contributed by atoms with Crippen LogP contribution in [0.4, 0.5) is 5.82 Å². The molecule has 8 nitrogen and oxygen atoms in total. The molecule has 0 radical (unpaired) electrons. The minimum absolute atomic E-state index is 0.330. The predicted octanol–water partition coefficient (Wildman–Crippen LogP) is 2.55. The van der Waals surface area contributed by atoms with Crippen molar-refractivity contribution in [1.29, 1.82) is 0 Å². The molecule has 0 aliphatic carbocycles. The smallest absolute Gasteiger partial charge is 0.312 e. The number of rotatable bonds is 9. The summed E-state index contributed by atoms with van der Waals surface area (Å²) in [6, 6.07) is 7.75. The number of carboxylic acids is 1. The number of nitrogens with zero attached hydrogens (tertiary/aromatic N) is 4. The number of aliphatic carboxylic acids is 1. The second-order valence-corrected chi connectivity index (χ2v) is 8.55. The number of anilines is 1. The van der Waals surface area contributed by atoms with Crippen LogP contribution in [0, 0.1) is 0 Å². The third kappa shape index (κ3) is 5.09. The van der Waals surface area contributed by atoms with Crippen molar-refractivity contribution >= 4 is 29.1 Å². The summed E-state index contributed by atoms with van der Waals surface area (Å²) in [5.41, 5.74) is 3.04. The van der Waals surface area contributed by atoms with E-state index in [0.29, 0.717) is 18.0 Å². The summed E-state index contributed by atoms with van der Waals surface area (Å²) >= 11 is 5.66. The molecule has 2 aromatic rings. The van der Waals surface area contributed by atoms with Gasteiger partial charge in [-0.3, -0.25) is 4.79 Å². The molecule has 9 heteroatoms. The standard InChI is InChI=1S/C23H29N5O3S/c1-31-20-9-7-17(14-25-20)19(22(29)30)15-28-13-12-27(23(28)32)11-3-5-18-8-6-16-4-2-10-24-21(16)26-18/h6-9,14,19H,2-5,10-13,15H2,1H3,(H,24,26)(H,29,30)/t19-/m1/s1. The van der Waals surface area contributed by atoms with E-state index in [0.717, 1.165) is 68.5 Å². The average molecular weight is 456 g/mol. The number of carbonyl (C=O) groups is 1. The molecule has 1 fully saturated rings. The summed E-state index contributed by atoms with van der Waals surface area (Å²) in [4.78, 5) is 25.0. The van der Waals surface area contributed by atoms with Gasteiger partial charge in [0.1, 0.15) is 11.7 Å². The summed E-state index contributed by atoms with van der Waals surface area (Å²) in [5.74, 6) is -0.0851. The Morgan fingerprint density at radius 1 is 1.28 bits per heavy atom. The largest absolute Gasteiger partial charge is 0.481 e. The van der Waals surface area contributed by atoms with E-state index >= 15 is 0 Å². The second kappa shape index (κ2) is 10.1. The molecule has 2 aromatic heterocycles. The molecule has 1 atom stereocenters. The van der Waals surface area contributed by atoms with E-state index in [9.17, 15) is 9.90 Å². The van der Waals surface area contributed by atoms with Crippen LogP contribution < -0.4 is 10.1 Å². The molecule has 2 aliphatic heterocycles. The zero-order chi connectivity index (χ0) is 22.5. The third-order valence-corrected chi connectivity index (χ3v) is 6.58. The lowest BCUT2D eigenvalue weighted by Gasteiger charge is -2.25. The third-order valence-electron chi connectivity index (χ3n) is 6.07. The Labute approximate surface area is 193 Å². The van der Waals surface area contributed by atoms with Gasteiger partial charge >= 0.3 is 5.97 Å². The van der Waals surface area contributed by atoms with Crippen LogP contribution in [0.15, 0.2) is 30.5 Å². The van der Waals surface area contributed by atoms with Gasteiger partial charge in [0, 0.05) is 50.7 Å². The first-order valence-corrected chi connectivity index (χ1v) is 11.4. The van der Waals surface area contributed by atoms with Gasteiger partial charge in [0.25, 0.3) is 0 Å². The molecule has 0 saturated carbocycles. The Balaban J connectivity index is 1.30. The Morgan fingerprint density at radius 3 is 2.88 bits per heavy atom. The lowest BCUT2D eigenvalue weighted by atomic mass is 10.0. The number of methoxy groups -OCH3 is 1. The number of ether oxygens (including phenoxy) is 1. The van der Waals surface area contributed by atoms with E-state index in [-0.39, 0.29) is 0 Å². The summed E-state index contributed by atoms with van der Waals surface area (Å²) in [6.07, 6.45) is 5.66. The van der Waals surface area contributed by atoms with Crippen LogP contribution in [0.5, 0.6) is 5.88 Å². The quantitative estimate of drug-likeness (QED) is 0.554. The van der Waals surface area contributed by atoms with Crippen LogP contribution in [0.2, 0.25) is 0 Å². The minimum Gasteiger partial charge on any atom is -0.481 e. The first-order chi connectivity index (χ1) is 15.5. The lowest BCUT2D eigenvalue weighted by Crippen LogP contribution is -2.36. The minimum atomic E-state index is -0.884. The summed E-state index contributed by atoms with van der Waals surface area (Å²) in [7, 11) is 1.53. The molecule has 0 aromatic carbocycles. The maximum Gasteiger partial charge on any atom is 0.312 e. The number of aromatic nitrogens is 2. The van der Waals surface area contributed by atoms with Crippen molar-refractivity contribution in [3.8, 4) is 5.88 Å². The monoisotopic (exact) mass is 455 g/mol. The Bertz CT molecular complexity index is 969. The fraction of sp³-hybridized carbons (Fsp3) is 0.478. The van der Waals surface area contributed by atoms with Gasteiger partial charge in [-0.1, -0.05) is 12.1 Å². The Morgan fingerprint density at radius 2 is 2.12 bits per heavy atom. The molecule has 1 saturated heterocycles. The van der Waals surface area contributed by atoms with Crippen molar-refractivity contribution in [3.63, 3.8) is 0 Å². The van der Waals surface area contributed by atoms with E-state index in [1.165, 1.54) is 12.7 Å². The summed E-state index contributed by atoms with van der Waals surface area (Å²) < 4.78 is 5.07. The van der Waals surface area contributed by atoms with Gasteiger partial charge in [-0.25, -0.2) is 9.97 Å². The highest BCUT2D eigenvalue weighted by Gasteiger charge is 2.30. The van der Waals surface area contributed by atoms with E-state index in [1.54, 1.807) is 18.3 Å². The number of nitrogens with one attached hydrogen (secondary N) is 1. The first-order valence-electron chi connectivity index (χ1n) is 11.0. The molecule has 170 valence electrons. The number of thiocarbonyl (C=S) groups is 1. The van der Waals surface area contributed by atoms with Gasteiger partial charge in [-0.2, -0.15) is 0 Å². The zero-order valence-electron chi connectivity index (χ0n) is 18.3. The maximum atomic E-state index is 11.9. The van der Waals surface area contributed by atoms with Crippen molar-refractivity contribution in [1.82, 2.24) is 19.8 Å². The number of fused-ring (bicyclic) bond motifs is 1. The fourth-order valence-electron chi connectivity index (χ4n) is 4.23. The Hall–Kier alpha value is -2.94. The molecule has 2 aliphatic rings. The van der Waals surface area contributed by atoms with Crippen molar-refractivity contribution in [2.24, 2.45) is 0 Å². The van der Waals surface area contributed by atoms with E-state index < -0.39 is 11.9 Å². The number of carboxylic acid groups (broad SMARTS) is 1. The fourth-order valence-corrected chi connectivity index (χ4v) is 4.58. The summed E-state index contributed by atoms with van der Waals surface area (Å²) in [5, 5.41) is 13.9. The van der Waals surface area contributed by atoms with Crippen LogP contribution in [-0.4, -0.2) is 75.8 Å². The zero-order valence-corrected chi connectivity index (χ0v) is 19.1.